The van der Waals surface area contributed by atoms with Crippen LogP contribution in [0.5, 0.6) is 11.5 Å². The second kappa shape index (κ2) is 6.48. The maximum atomic E-state index is 10.7. The van der Waals surface area contributed by atoms with Gasteiger partial charge in [-0.15, -0.1) is 10.2 Å². The molecule has 1 aliphatic heterocycles. The molecule has 0 amide bonds. The molecule has 142 valence electrons. The smallest absolute Gasteiger partial charge is 0.312 e. The third-order valence-electron chi connectivity index (χ3n) is 4.63. The van der Waals surface area contributed by atoms with Crippen molar-refractivity contribution in [2.75, 3.05) is 12.1 Å². The second-order valence-corrected chi connectivity index (χ2v) is 6.59. The highest BCUT2D eigenvalue weighted by atomic mass is 16.7. The number of hydrogen-bond acceptors (Lipinski definition) is 9. The van der Waals surface area contributed by atoms with E-state index in [1.54, 1.807) is 12.4 Å². The molecule has 10 heteroatoms. The molecule has 0 saturated heterocycles. The summed E-state index contributed by atoms with van der Waals surface area (Å²) in [6.45, 7) is 0.276. The van der Waals surface area contributed by atoms with Gasteiger partial charge >= 0.3 is 5.97 Å². The summed E-state index contributed by atoms with van der Waals surface area (Å²) in [5.74, 6) is 1.27. The van der Waals surface area contributed by atoms with Crippen molar-refractivity contribution < 1.29 is 23.8 Å². The lowest BCUT2D eigenvalue weighted by atomic mass is 10.1. The van der Waals surface area contributed by atoms with Crippen molar-refractivity contribution in [1.82, 2.24) is 20.2 Å². The van der Waals surface area contributed by atoms with Crippen molar-refractivity contribution in [3.63, 3.8) is 0 Å². The van der Waals surface area contributed by atoms with Crippen LogP contribution < -0.4 is 14.8 Å². The van der Waals surface area contributed by atoms with Gasteiger partial charge in [0.15, 0.2) is 11.5 Å². The molecule has 0 bridgehead atoms. The van der Waals surface area contributed by atoms with Crippen molar-refractivity contribution in [1.29, 1.82) is 0 Å². The highest BCUT2D eigenvalue weighted by molar-refractivity contribution is 5.68. The predicted octanol–water partition coefficient (Wildman–Crippen LogP) is 1.46. The van der Waals surface area contributed by atoms with E-state index in [0.29, 0.717) is 11.5 Å². The Morgan fingerprint density at radius 1 is 1.11 bits per heavy atom. The van der Waals surface area contributed by atoms with Gasteiger partial charge in [0, 0.05) is 18.4 Å². The molecule has 0 spiro atoms. The van der Waals surface area contributed by atoms with Crippen LogP contribution in [0.4, 0.5) is 5.95 Å². The first-order chi connectivity index (χ1) is 13.6. The fraction of sp³-hybridized carbons (Fsp3) is 0.278. The standard InChI is InChI=1S/C18H15N5O5/c24-16(25)5-15-22-23-17(28-15)11-6-19-18(20-7-11)21-12-1-9-3-13-14(27-8-26-13)4-10(9)2-12/h3-4,6-7,12H,1-2,5,8H2,(H,24,25)(H,19,20,21). The molecule has 0 unspecified atom stereocenters. The Kier molecular flexibility index (Phi) is 3.81. The lowest BCUT2D eigenvalue weighted by Crippen LogP contribution is -2.21. The first-order valence-corrected chi connectivity index (χ1v) is 8.68. The largest absolute Gasteiger partial charge is 0.481 e. The predicted molar refractivity (Wildman–Crippen MR) is 94.0 cm³/mol. The first kappa shape index (κ1) is 16.5. The van der Waals surface area contributed by atoms with E-state index >= 15 is 0 Å². The van der Waals surface area contributed by atoms with Crippen molar-refractivity contribution in [3.8, 4) is 23.0 Å². The average molecular weight is 381 g/mol. The van der Waals surface area contributed by atoms with Gasteiger partial charge in [0.1, 0.15) is 6.42 Å². The Hall–Kier alpha value is -3.69. The van der Waals surface area contributed by atoms with Crippen LogP contribution in [0.1, 0.15) is 17.0 Å². The van der Waals surface area contributed by atoms with E-state index in [0.717, 1.165) is 24.3 Å². The Labute approximate surface area is 158 Å². The Morgan fingerprint density at radius 2 is 1.79 bits per heavy atom. The van der Waals surface area contributed by atoms with Crippen LogP contribution in [-0.2, 0) is 24.1 Å². The van der Waals surface area contributed by atoms with Crippen LogP contribution in [-0.4, -0.2) is 44.1 Å². The minimum atomic E-state index is -1.04. The molecule has 3 aromatic rings. The number of benzene rings is 1. The van der Waals surface area contributed by atoms with E-state index < -0.39 is 5.97 Å². The number of nitrogens with zero attached hydrogens (tertiary/aromatic N) is 4. The quantitative estimate of drug-likeness (QED) is 0.669. The SMILES string of the molecule is O=C(O)Cc1nnc(-c2cnc(NC3Cc4cc5c(cc4C3)OCO5)nc2)o1. The molecule has 5 rings (SSSR count). The number of carboxylic acids is 1. The summed E-state index contributed by atoms with van der Waals surface area (Å²) in [7, 11) is 0. The van der Waals surface area contributed by atoms with Crippen molar-refractivity contribution >= 4 is 11.9 Å². The number of ether oxygens (including phenoxy) is 2. The van der Waals surface area contributed by atoms with Crippen molar-refractivity contribution in [2.45, 2.75) is 25.3 Å². The number of aromatic nitrogens is 4. The van der Waals surface area contributed by atoms with Gasteiger partial charge in [-0.05, 0) is 36.1 Å². The van der Waals surface area contributed by atoms with Crippen LogP contribution in [0.25, 0.3) is 11.5 Å². The summed E-state index contributed by atoms with van der Waals surface area (Å²) >= 11 is 0. The average Bonchev–Trinajstić information content (AvgIpc) is 3.38. The molecule has 28 heavy (non-hydrogen) atoms. The van der Waals surface area contributed by atoms with E-state index in [4.69, 9.17) is 19.0 Å². The summed E-state index contributed by atoms with van der Waals surface area (Å²) in [6, 6.07) is 4.25. The van der Waals surface area contributed by atoms with Gasteiger partial charge in [-0.2, -0.15) is 0 Å². The zero-order chi connectivity index (χ0) is 19.1. The normalized spacial score (nSPS) is 14.9. The number of aliphatic carboxylic acids is 1. The summed E-state index contributed by atoms with van der Waals surface area (Å²) < 4.78 is 16.2. The number of fused-ring (bicyclic) bond motifs is 2. The summed E-state index contributed by atoms with van der Waals surface area (Å²) in [6.07, 6.45) is 4.49. The third kappa shape index (κ3) is 3.08. The molecule has 3 heterocycles. The summed E-state index contributed by atoms with van der Waals surface area (Å²) in [5, 5.41) is 19.6. The van der Waals surface area contributed by atoms with Gasteiger partial charge in [-0.25, -0.2) is 9.97 Å². The highest BCUT2D eigenvalue weighted by Gasteiger charge is 2.26. The molecule has 1 aromatic carbocycles. The van der Waals surface area contributed by atoms with E-state index in [2.05, 4.69) is 25.5 Å². The number of carbonyl (C=O) groups is 1. The van der Waals surface area contributed by atoms with Crippen LogP contribution >= 0.6 is 0 Å². The van der Waals surface area contributed by atoms with Crippen LogP contribution in [0.2, 0.25) is 0 Å². The number of anilines is 1. The van der Waals surface area contributed by atoms with Crippen molar-refractivity contribution in [3.05, 3.63) is 41.5 Å². The number of carboxylic acid groups (broad SMARTS) is 1. The van der Waals surface area contributed by atoms with Crippen LogP contribution in [0.15, 0.2) is 28.9 Å². The maximum Gasteiger partial charge on any atom is 0.312 e. The lowest BCUT2D eigenvalue weighted by molar-refractivity contribution is -0.136. The zero-order valence-corrected chi connectivity index (χ0v) is 14.6. The minimum absolute atomic E-state index is 0.0354. The number of nitrogens with one attached hydrogen (secondary N) is 1. The molecule has 2 N–H and O–H groups in total. The molecule has 10 nitrogen and oxygen atoms in total. The lowest BCUT2D eigenvalue weighted by Gasteiger charge is -2.11. The van der Waals surface area contributed by atoms with E-state index in [1.165, 1.54) is 11.1 Å². The number of rotatable bonds is 5. The maximum absolute atomic E-state index is 10.7. The molecular formula is C18H15N5O5. The molecule has 2 aliphatic rings. The zero-order valence-electron chi connectivity index (χ0n) is 14.6. The Morgan fingerprint density at radius 3 is 2.43 bits per heavy atom. The molecule has 0 saturated carbocycles. The second-order valence-electron chi connectivity index (χ2n) is 6.59. The van der Waals surface area contributed by atoms with E-state index in [-0.39, 0.29) is 31.0 Å². The van der Waals surface area contributed by atoms with Gasteiger partial charge in [-0.3, -0.25) is 4.79 Å². The van der Waals surface area contributed by atoms with E-state index in [1.807, 2.05) is 12.1 Å². The summed E-state index contributed by atoms with van der Waals surface area (Å²) in [5.41, 5.74) is 2.99. The first-order valence-electron chi connectivity index (χ1n) is 8.68. The van der Waals surface area contributed by atoms with Crippen molar-refractivity contribution in [2.24, 2.45) is 0 Å². The van der Waals surface area contributed by atoms with Crippen LogP contribution in [0.3, 0.4) is 0 Å². The van der Waals surface area contributed by atoms with Gasteiger partial charge in [0.2, 0.25) is 18.6 Å². The highest BCUT2D eigenvalue weighted by Crippen LogP contribution is 2.38. The van der Waals surface area contributed by atoms with E-state index in [9.17, 15) is 4.79 Å². The third-order valence-corrected chi connectivity index (χ3v) is 4.63. The van der Waals surface area contributed by atoms with Gasteiger partial charge in [0.25, 0.3) is 5.89 Å². The minimum Gasteiger partial charge on any atom is -0.481 e. The molecule has 0 fully saturated rings. The topological polar surface area (TPSA) is 132 Å². The molecule has 1 aliphatic carbocycles. The fourth-order valence-electron chi connectivity index (χ4n) is 3.38. The Balaban J connectivity index is 1.25. The molecule has 2 aromatic heterocycles. The monoisotopic (exact) mass is 381 g/mol. The fourth-order valence-corrected chi connectivity index (χ4v) is 3.38. The molecular weight excluding hydrogens is 366 g/mol. The number of hydrogen-bond donors (Lipinski definition) is 2. The van der Waals surface area contributed by atoms with Gasteiger partial charge in [0.05, 0.1) is 5.56 Å². The van der Waals surface area contributed by atoms with Crippen LogP contribution in [0, 0.1) is 0 Å². The van der Waals surface area contributed by atoms with Gasteiger partial charge < -0.3 is 24.3 Å². The summed E-state index contributed by atoms with van der Waals surface area (Å²) in [4.78, 5) is 19.3. The van der Waals surface area contributed by atoms with Gasteiger partial charge in [-0.1, -0.05) is 0 Å². The molecule has 0 atom stereocenters. The Bertz CT molecular complexity index is 1020. The molecule has 0 radical (unpaired) electrons.